The van der Waals surface area contributed by atoms with Crippen LogP contribution in [0.1, 0.15) is 16.1 Å². The summed E-state index contributed by atoms with van der Waals surface area (Å²) in [6.07, 6.45) is 0. The van der Waals surface area contributed by atoms with Gasteiger partial charge in [0.25, 0.3) is 0 Å². The van der Waals surface area contributed by atoms with Crippen LogP contribution in [-0.4, -0.2) is 18.1 Å². The van der Waals surface area contributed by atoms with Crippen molar-refractivity contribution in [2.75, 3.05) is 12.4 Å². The molecule has 0 aliphatic heterocycles. The van der Waals surface area contributed by atoms with Gasteiger partial charge in [-0.05, 0) is 37.3 Å². The largest absolute Gasteiger partial charge is 0.464 e. The molecule has 1 N–H and O–H groups in total. The van der Waals surface area contributed by atoms with Crippen molar-refractivity contribution >= 4 is 28.2 Å². The third-order valence-electron chi connectivity index (χ3n) is 3.56. The summed E-state index contributed by atoms with van der Waals surface area (Å²) in [5.41, 5.74) is 2.63. The zero-order valence-corrected chi connectivity index (χ0v) is 13.1. The van der Waals surface area contributed by atoms with Gasteiger partial charge in [-0.2, -0.15) is 0 Å². The van der Waals surface area contributed by atoms with Crippen molar-refractivity contribution in [3.8, 4) is 0 Å². The monoisotopic (exact) mass is 328 g/mol. The molecule has 3 rings (SSSR count). The Balaban J connectivity index is 2.14. The van der Waals surface area contributed by atoms with Crippen LogP contribution in [0, 0.1) is 18.6 Å². The Kier molecular flexibility index (Phi) is 4.12. The lowest BCUT2D eigenvalue weighted by Crippen LogP contribution is -2.06. The van der Waals surface area contributed by atoms with Crippen LogP contribution in [0.5, 0.6) is 0 Å². The molecule has 0 aliphatic carbocycles. The maximum Gasteiger partial charge on any atom is 0.356 e. The molecular weight excluding hydrogens is 314 g/mol. The number of nitrogens with zero attached hydrogens (tertiary/aromatic N) is 1. The van der Waals surface area contributed by atoms with Gasteiger partial charge >= 0.3 is 5.97 Å². The summed E-state index contributed by atoms with van der Waals surface area (Å²) in [4.78, 5) is 16.1. The highest BCUT2D eigenvalue weighted by atomic mass is 19.2. The molecule has 0 saturated heterocycles. The number of benzene rings is 2. The predicted molar refractivity (Wildman–Crippen MR) is 87.5 cm³/mol. The summed E-state index contributed by atoms with van der Waals surface area (Å²) in [5.74, 6) is -2.46. The van der Waals surface area contributed by atoms with Crippen molar-refractivity contribution in [1.29, 1.82) is 0 Å². The first-order valence-electron chi connectivity index (χ1n) is 7.20. The van der Waals surface area contributed by atoms with E-state index in [1.807, 2.05) is 19.1 Å². The molecule has 0 bridgehead atoms. The number of fused-ring (bicyclic) bond motifs is 1. The van der Waals surface area contributed by atoms with Crippen LogP contribution in [0.4, 0.5) is 20.2 Å². The highest BCUT2D eigenvalue weighted by Crippen LogP contribution is 2.28. The van der Waals surface area contributed by atoms with Crippen molar-refractivity contribution in [2.45, 2.75) is 6.92 Å². The molecule has 122 valence electrons. The van der Waals surface area contributed by atoms with Crippen LogP contribution in [0.25, 0.3) is 10.9 Å². The second kappa shape index (κ2) is 6.23. The number of pyridine rings is 1. The number of aromatic nitrogens is 1. The number of halogens is 2. The van der Waals surface area contributed by atoms with Gasteiger partial charge in [-0.3, -0.25) is 0 Å². The summed E-state index contributed by atoms with van der Waals surface area (Å²) in [7, 11) is 1.27. The molecule has 1 heterocycles. The standard InChI is InChI=1S/C18H14F2N2O2/c1-10-3-6-15-12(7-10)16(9-17(22-15)18(23)24-2)21-11-4-5-13(19)14(20)8-11/h3-9H,1-2H3,(H,21,22). The number of ether oxygens (including phenoxy) is 1. The van der Waals surface area contributed by atoms with E-state index >= 15 is 0 Å². The molecule has 0 spiro atoms. The minimum atomic E-state index is -0.956. The lowest BCUT2D eigenvalue weighted by atomic mass is 10.1. The fourth-order valence-electron chi connectivity index (χ4n) is 2.38. The topological polar surface area (TPSA) is 51.2 Å². The Morgan fingerprint density at radius 2 is 1.88 bits per heavy atom. The molecule has 2 aromatic carbocycles. The third kappa shape index (κ3) is 3.03. The predicted octanol–water partition coefficient (Wildman–Crippen LogP) is 4.35. The van der Waals surface area contributed by atoms with Gasteiger partial charge in [0.05, 0.1) is 18.3 Å². The smallest absolute Gasteiger partial charge is 0.356 e. The Labute approximate surface area is 137 Å². The lowest BCUT2D eigenvalue weighted by molar-refractivity contribution is 0.0594. The van der Waals surface area contributed by atoms with Crippen molar-refractivity contribution in [3.63, 3.8) is 0 Å². The number of hydrogen-bond acceptors (Lipinski definition) is 4. The summed E-state index contributed by atoms with van der Waals surface area (Å²) in [6, 6.07) is 10.6. The molecule has 3 aromatic rings. The first-order valence-corrected chi connectivity index (χ1v) is 7.20. The molecule has 0 unspecified atom stereocenters. The Hall–Kier alpha value is -3.02. The summed E-state index contributed by atoms with van der Waals surface area (Å²) in [5, 5.41) is 3.76. The highest BCUT2D eigenvalue weighted by molar-refractivity contribution is 5.99. The van der Waals surface area contributed by atoms with Gasteiger partial charge in [-0.25, -0.2) is 18.6 Å². The fraction of sp³-hybridized carbons (Fsp3) is 0.111. The van der Waals surface area contributed by atoms with Crippen LogP contribution >= 0.6 is 0 Å². The Morgan fingerprint density at radius 3 is 2.58 bits per heavy atom. The number of esters is 1. The number of hydrogen-bond donors (Lipinski definition) is 1. The second-order valence-electron chi connectivity index (χ2n) is 5.32. The van der Waals surface area contributed by atoms with Crippen LogP contribution in [-0.2, 0) is 4.74 Å². The number of nitrogens with one attached hydrogen (secondary N) is 1. The SMILES string of the molecule is COC(=O)c1cc(Nc2ccc(F)c(F)c2)c2cc(C)ccc2n1. The van der Waals surface area contributed by atoms with Gasteiger partial charge in [-0.15, -0.1) is 0 Å². The van der Waals surface area contributed by atoms with Gasteiger partial charge in [0, 0.05) is 17.1 Å². The average Bonchev–Trinajstić information content (AvgIpc) is 2.57. The molecule has 6 heteroatoms. The molecule has 0 fully saturated rings. The van der Waals surface area contributed by atoms with Gasteiger partial charge in [0.1, 0.15) is 0 Å². The zero-order chi connectivity index (χ0) is 17.3. The van der Waals surface area contributed by atoms with Gasteiger partial charge in [0.2, 0.25) is 0 Å². The molecule has 0 amide bonds. The molecule has 4 nitrogen and oxygen atoms in total. The molecule has 0 atom stereocenters. The van der Waals surface area contributed by atoms with Crippen LogP contribution < -0.4 is 5.32 Å². The number of rotatable bonds is 3. The van der Waals surface area contributed by atoms with E-state index in [0.29, 0.717) is 16.9 Å². The van der Waals surface area contributed by atoms with E-state index < -0.39 is 17.6 Å². The quantitative estimate of drug-likeness (QED) is 0.726. The van der Waals surface area contributed by atoms with Gasteiger partial charge < -0.3 is 10.1 Å². The van der Waals surface area contributed by atoms with E-state index in [9.17, 15) is 13.6 Å². The summed E-state index contributed by atoms with van der Waals surface area (Å²) >= 11 is 0. The highest BCUT2D eigenvalue weighted by Gasteiger charge is 2.13. The van der Waals surface area contributed by atoms with E-state index in [4.69, 9.17) is 4.74 Å². The Bertz CT molecular complexity index is 942. The normalized spacial score (nSPS) is 10.7. The molecule has 0 aliphatic rings. The fourth-order valence-corrected chi connectivity index (χ4v) is 2.38. The number of aryl methyl sites for hydroxylation is 1. The van der Waals surface area contributed by atoms with Crippen molar-refractivity contribution in [3.05, 3.63) is 65.4 Å². The zero-order valence-electron chi connectivity index (χ0n) is 13.1. The molecule has 0 radical (unpaired) electrons. The molecular formula is C18H14F2N2O2. The van der Waals surface area contributed by atoms with E-state index in [-0.39, 0.29) is 5.69 Å². The first-order chi connectivity index (χ1) is 11.5. The molecule has 1 aromatic heterocycles. The minimum Gasteiger partial charge on any atom is -0.464 e. The maximum absolute atomic E-state index is 13.4. The number of carbonyl (C=O) groups is 1. The van der Waals surface area contributed by atoms with Crippen molar-refractivity contribution in [1.82, 2.24) is 4.98 Å². The van der Waals surface area contributed by atoms with Gasteiger partial charge in [0.15, 0.2) is 17.3 Å². The number of methoxy groups -OCH3 is 1. The number of anilines is 2. The summed E-state index contributed by atoms with van der Waals surface area (Å²) < 4.78 is 31.2. The molecule has 0 saturated carbocycles. The lowest BCUT2D eigenvalue weighted by Gasteiger charge is -2.12. The van der Waals surface area contributed by atoms with Gasteiger partial charge in [-0.1, -0.05) is 11.6 Å². The Morgan fingerprint density at radius 1 is 1.08 bits per heavy atom. The maximum atomic E-state index is 13.4. The van der Waals surface area contributed by atoms with Crippen molar-refractivity contribution < 1.29 is 18.3 Å². The second-order valence-corrected chi connectivity index (χ2v) is 5.32. The molecule has 24 heavy (non-hydrogen) atoms. The van der Waals surface area contributed by atoms with E-state index in [0.717, 1.165) is 23.1 Å². The number of carbonyl (C=O) groups excluding carboxylic acids is 1. The van der Waals surface area contributed by atoms with E-state index in [1.165, 1.54) is 19.2 Å². The first kappa shape index (κ1) is 15.9. The van der Waals surface area contributed by atoms with Crippen LogP contribution in [0.2, 0.25) is 0 Å². The van der Waals surface area contributed by atoms with Crippen LogP contribution in [0.15, 0.2) is 42.5 Å². The van der Waals surface area contributed by atoms with Crippen molar-refractivity contribution in [2.24, 2.45) is 0 Å². The average molecular weight is 328 g/mol. The van der Waals surface area contributed by atoms with Crippen LogP contribution in [0.3, 0.4) is 0 Å². The third-order valence-corrected chi connectivity index (χ3v) is 3.56. The van der Waals surface area contributed by atoms with E-state index in [2.05, 4.69) is 10.3 Å². The minimum absolute atomic E-state index is 0.124. The summed E-state index contributed by atoms with van der Waals surface area (Å²) in [6.45, 7) is 1.93. The van der Waals surface area contributed by atoms with E-state index in [1.54, 1.807) is 6.07 Å².